The van der Waals surface area contributed by atoms with E-state index in [1.165, 1.54) is 6.20 Å². The average molecular weight is 380 g/mol. The molecule has 0 saturated carbocycles. The number of nitrogens with zero attached hydrogens (tertiary/aromatic N) is 1. The van der Waals surface area contributed by atoms with Crippen LogP contribution in [0.3, 0.4) is 0 Å². The Hall–Kier alpha value is -3.32. The summed E-state index contributed by atoms with van der Waals surface area (Å²) in [6.07, 6.45) is 0.685. The topological polar surface area (TPSA) is 89.8 Å². The highest BCUT2D eigenvalue weighted by Crippen LogP contribution is 2.35. The molecule has 2 heterocycles. The molecule has 1 amide bonds. The summed E-state index contributed by atoms with van der Waals surface area (Å²) in [5, 5.41) is 13.3. The highest BCUT2D eigenvalue weighted by Gasteiger charge is 2.21. The summed E-state index contributed by atoms with van der Waals surface area (Å²) < 4.78 is 12.6. The second-order valence-electron chi connectivity index (χ2n) is 6.52. The number of ether oxygens (including phenoxy) is 2. The lowest BCUT2D eigenvalue weighted by Crippen LogP contribution is -2.32. The van der Waals surface area contributed by atoms with Crippen molar-refractivity contribution >= 4 is 16.8 Å². The zero-order chi connectivity index (χ0) is 19.7. The Balaban J connectivity index is 1.64. The molecule has 2 N–H and O–H groups in total. The van der Waals surface area contributed by atoms with Gasteiger partial charge in [0.15, 0.2) is 11.5 Å². The van der Waals surface area contributed by atoms with Crippen LogP contribution in [-0.4, -0.2) is 28.9 Å². The maximum atomic E-state index is 12.9. The lowest BCUT2D eigenvalue weighted by molar-refractivity contribution is 0.0914. The van der Waals surface area contributed by atoms with Crippen LogP contribution in [0.25, 0.3) is 10.9 Å². The molecule has 7 nitrogen and oxygen atoms in total. The Kier molecular flexibility index (Phi) is 4.75. The number of carbonyl (C=O) groups is 1. The van der Waals surface area contributed by atoms with Crippen molar-refractivity contribution in [3.8, 4) is 11.5 Å². The molecule has 144 valence electrons. The number of hydrogen-bond donors (Lipinski definition) is 2. The molecule has 0 spiro atoms. The normalized spacial score (nSPS) is 13.5. The van der Waals surface area contributed by atoms with Gasteiger partial charge in [-0.25, -0.2) is 0 Å². The van der Waals surface area contributed by atoms with Crippen LogP contribution in [0.2, 0.25) is 0 Å². The summed E-state index contributed by atoms with van der Waals surface area (Å²) in [7, 11) is 0. The second-order valence-corrected chi connectivity index (χ2v) is 6.52. The van der Waals surface area contributed by atoms with Gasteiger partial charge in [0.1, 0.15) is 5.56 Å². The van der Waals surface area contributed by atoms with Gasteiger partial charge in [0, 0.05) is 25.4 Å². The minimum atomic E-state index is -0.854. The molecule has 1 aliphatic heterocycles. The molecule has 0 fully saturated rings. The summed E-state index contributed by atoms with van der Waals surface area (Å²) in [6.45, 7) is 2.61. The Morgan fingerprint density at radius 2 is 1.93 bits per heavy atom. The molecule has 0 aliphatic carbocycles. The second kappa shape index (κ2) is 7.36. The van der Waals surface area contributed by atoms with Gasteiger partial charge in [-0.05, 0) is 18.6 Å². The van der Waals surface area contributed by atoms with Gasteiger partial charge < -0.3 is 24.5 Å². The van der Waals surface area contributed by atoms with Gasteiger partial charge in [-0.15, -0.1) is 0 Å². The lowest BCUT2D eigenvalue weighted by Gasteiger charge is -2.14. The molecule has 4 rings (SSSR count). The third-order valence-corrected chi connectivity index (χ3v) is 4.80. The molecule has 7 heteroatoms. The highest BCUT2D eigenvalue weighted by molar-refractivity contribution is 5.97. The number of rotatable bonds is 5. The average Bonchev–Trinajstić information content (AvgIpc) is 3.19. The van der Waals surface area contributed by atoms with Crippen molar-refractivity contribution in [2.45, 2.75) is 19.6 Å². The van der Waals surface area contributed by atoms with E-state index in [-0.39, 0.29) is 24.3 Å². The van der Waals surface area contributed by atoms with Crippen LogP contribution in [0.4, 0.5) is 0 Å². The molecule has 1 aromatic heterocycles. The quantitative estimate of drug-likeness (QED) is 0.708. The van der Waals surface area contributed by atoms with E-state index in [1.54, 1.807) is 24.3 Å². The molecule has 0 radical (unpaired) electrons. The molecule has 3 aromatic rings. The smallest absolute Gasteiger partial charge is 0.256 e. The molecule has 0 bridgehead atoms. The van der Waals surface area contributed by atoms with Crippen molar-refractivity contribution in [1.82, 2.24) is 9.88 Å². The zero-order valence-corrected chi connectivity index (χ0v) is 15.3. The Morgan fingerprint density at radius 3 is 2.64 bits per heavy atom. The molecular formula is C21H20N2O5. The van der Waals surface area contributed by atoms with Gasteiger partial charge in [0.05, 0.1) is 17.0 Å². The van der Waals surface area contributed by atoms with Crippen molar-refractivity contribution in [1.29, 1.82) is 0 Å². The Morgan fingerprint density at radius 1 is 1.21 bits per heavy atom. The minimum Gasteiger partial charge on any atom is -0.454 e. The van der Waals surface area contributed by atoms with Gasteiger partial charge in [0.2, 0.25) is 12.2 Å². The highest BCUT2D eigenvalue weighted by atomic mass is 16.7. The Labute approximate surface area is 161 Å². The number of benzene rings is 2. The van der Waals surface area contributed by atoms with Crippen LogP contribution >= 0.6 is 0 Å². The first kappa shape index (κ1) is 18.1. The number of nitrogens with one attached hydrogen (secondary N) is 1. The monoisotopic (exact) mass is 380 g/mol. The number of hydrogen-bond acceptors (Lipinski definition) is 5. The first-order chi connectivity index (χ1) is 13.6. The van der Waals surface area contributed by atoms with Crippen LogP contribution in [0, 0.1) is 0 Å². The van der Waals surface area contributed by atoms with E-state index in [4.69, 9.17) is 9.47 Å². The summed E-state index contributed by atoms with van der Waals surface area (Å²) in [4.78, 5) is 25.6. The molecule has 28 heavy (non-hydrogen) atoms. The summed E-state index contributed by atoms with van der Waals surface area (Å²) in [5.41, 5.74) is 1.01. The molecule has 1 aliphatic rings. The van der Waals surface area contributed by atoms with Crippen LogP contribution in [-0.2, 0) is 6.54 Å². The first-order valence-corrected chi connectivity index (χ1v) is 9.06. The third kappa shape index (κ3) is 3.20. The first-order valence-electron chi connectivity index (χ1n) is 9.06. The Bertz CT molecular complexity index is 1090. The van der Waals surface area contributed by atoms with Gasteiger partial charge >= 0.3 is 0 Å². The number of aromatic nitrogens is 1. The SMILES string of the molecule is CCn1cc(C(=O)NC[C@@H](O)c2ccccc2)c(=O)c2cc3c(cc21)OCO3. The fourth-order valence-electron chi connectivity index (χ4n) is 3.28. The van der Waals surface area contributed by atoms with E-state index in [9.17, 15) is 14.7 Å². The van der Waals surface area contributed by atoms with Crippen molar-refractivity contribution in [3.63, 3.8) is 0 Å². The van der Waals surface area contributed by atoms with Crippen LogP contribution in [0.1, 0.15) is 28.9 Å². The number of pyridine rings is 1. The molecule has 1 atom stereocenters. The van der Waals surface area contributed by atoms with E-state index >= 15 is 0 Å². The van der Waals surface area contributed by atoms with E-state index in [0.29, 0.717) is 34.5 Å². The van der Waals surface area contributed by atoms with Gasteiger partial charge in [0.25, 0.3) is 5.91 Å². The number of amides is 1. The molecular weight excluding hydrogens is 360 g/mol. The molecule has 2 aromatic carbocycles. The van der Waals surface area contributed by atoms with Crippen LogP contribution in [0.15, 0.2) is 53.5 Å². The lowest BCUT2D eigenvalue weighted by atomic mass is 10.1. The number of aryl methyl sites for hydroxylation is 1. The predicted octanol–water partition coefficient (Wildman–Crippen LogP) is 2.21. The maximum Gasteiger partial charge on any atom is 0.256 e. The number of aliphatic hydroxyl groups is 1. The van der Waals surface area contributed by atoms with Gasteiger partial charge in [-0.1, -0.05) is 30.3 Å². The summed E-state index contributed by atoms with van der Waals surface area (Å²) in [5.74, 6) is 0.545. The van der Waals surface area contributed by atoms with Gasteiger partial charge in [-0.2, -0.15) is 0 Å². The van der Waals surface area contributed by atoms with Crippen molar-refractivity contribution in [2.24, 2.45) is 0 Å². The zero-order valence-electron chi connectivity index (χ0n) is 15.3. The third-order valence-electron chi connectivity index (χ3n) is 4.80. The number of carbonyl (C=O) groups excluding carboxylic acids is 1. The number of aliphatic hydroxyl groups excluding tert-OH is 1. The van der Waals surface area contributed by atoms with Crippen molar-refractivity contribution in [3.05, 3.63) is 70.0 Å². The fourth-order valence-corrected chi connectivity index (χ4v) is 3.28. The summed E-state index contributed by atoms with van der Waals surface area (Å²) in [6, 6.07) is 12.4. The van der Waals surface area contributed by atoms with E-state index < -0.39 is 12.0 Å². The molecule has 0 unspecified atom stereocenters. The van der Waals surface area contributed by atoms with Crippen molar-refractivity contribution in [2.75, 3.05) is 13.3 Å². The summed E-state index contributed by atoms with van der Waals surface area (Å²) >= 11 is 0. The number of fused-ring (bicyclic) bond motifs is 2. The van der Waals surface area contributed by atoms with Crippen LogP contribution < -0.4 is 20.2 Å². The van der Waals surface area contributed by atoms with Crippen molar-refractivity contribution < 1.29 is 19.4 Å². The molecule has 0 saturated heterocycles. The standard InChI is InChI=1S/C21H20N2O5/c1-2-23-11-15(21(26)22-10-17(24)13-6-4-3-5-7-13)20(25)14-8-18-19(9-16(14)23)28-12-27-18/h3-9,11,17,24H,2,10,12H2,1H3,(H,22,26)/t17-/m1/s1. The minimum absolute atomic E-state index is 0.00753. The largest absolute Gasteiger partial charge is 0.454 e. The van der Waals surface area contributed by atoms with E-state index in [2.05, 4.69) is 5.32 Å². The van der Waals surface area contributed by atoms with Gasteiger partial charge in [-0.3, -0.25) is 9.59 Å². The van der Waals surface area contributed by atoms with Crippen LogP contribution in [0.5, 0.6) is 11.5 Å². The van der Waals surface area contributed by atoms with E-state index in [0.717, 1.165) is 0 Å². The fraction of sp³-hybridized carbons (Fsp3) is 0.238. The van der Waals surface area contributed by atoms with E-state index in [1.807, 2.05) is 29.7 Å². The predicted molar refractivity (Wildman–Crippen MR) is 104 cm³/mol. The maximum absolute atomic E-state index is 12.9.